The minimum absolute atomic E-state index is 0.634. The van der Waals surface area contributed by atoms with Crippen LogP contribution in [0.25, 0.3) is 0 Å². The summed E-state index contributed by atoms with van der Waals surface area (Å²) in [6.07, 6.45) is 3.34. The van der Waals surface area contributed by atoms with E-state index in [0.717, 1.165) is 0 Å². The molecule has 2 nitrogen and oxygen atoms in total. The van der Waals surface area contributed by atoms with E-state index in [9.17, 15) is 4.21 Å². The second-order valence-electron chi connectivity index (χ2n) is 2.66. The van der Waals surface area contributed by atoms with Gasteiger partial charge < -0.3 is 17.5 Å². The van der Waals surface area contributed by atoms with Crippen molar-refractivity contribution in [2.45, 2.75) is 0 Å². The summed E-state index contributed by atoms with van der Waals surface area (Å²) in [6, 6.07) is 0. The molecule has 0 saturated heterocycles. The highest BCUT2D eigenvalue weighted by Gasteiger charge is 2.05. The third-order valence-corrected chi connectivity index (χ3v) is 2.25. The summed E-state index contributed by atoms with van der Waals surface area (Å²) in [5, 5.41) is 2.25. The van der Waals surface area contributed by atoms with Gasteiger partial charge in [0.05, 0.1) is 0 Å². The Kier molecular flexibility index (Phi) is 3.31. The second kappa shape index (κ2) is 3.34. The number of rotatable bonds is 2. The highest BCUT2D eigenvalue weighted by molar-refractivity contribution is 8.04. The minimum Gasteiger partial charge on any atom is -0.758 e. The zero-order chi connectivity index (χ0) is 8.36. The molecule has 0 bridgehead atoms. The number of hydrogen-bond donors (Lipinski definition) is 0. The summed E-state index contributed by atoms with van der Waals surface area (Å²) in [6.45, 7) is 0. The SMILES string of the molecule is CN(C)/C([S-])=C/[S+](C)(C)=O. The van der Waals surface area contributed by atoms with Gasteiger partial charge >= 0.3 is 0 Å². The molecule has 0 aliphatic carbocycles. The highest BCUT2D eigenvalue weighted by atomic mass is 32.2. The molecule has 0 spiro atoms. The van der Waals surface area contributed by atoms with E-state index in [1.165, 1.54) is 0 Å². The van der Waals surface area contributed by atoms with Gasteiger partial charge in [0.1, 0.15) is 27.9 Å². The summed E-state index contributed by atoms with van der Waals surface area (Å²) < 4.78 is 11.1. The van der Waals surface area contributed by atoms with Crippen molar-refractivity contribution in [3.63, 3.8) is 0 Å². The quantitative estimate of drug-likeness (QED) is 0.459. The van der Waals surface area contributed by atoms with E-state index in [1.54, 1.807) is 22.8 Å². The van der Waals surface area contributed by atoms with Crippen LogP contribution >= 0.6 is 0 Å². The van der Waals surface area contributed by atoms with Crippen LogP contribution in [0.15, 0.2) is 10.4 Å². The van der Waals surface area contributed by atoms with Gasteiger partial charge in [0.2, 0.25) is 0 Å². The third-order valence-electron chi connectivity index (χ3n) is 0.825. The second-order valence-corrected chi connectivity index (χ2v) is 5.93. The first kappa shape index (κ1) is 9.91. The molecule has 60 valence electrons. The van der Waals surface area contributed by atoms with E-state index in [-0.39, 0.29) is 0 Å². The summed E-state index contributed by atoms with van der Waals surface area (Å²) in [7, 11) is 1.85. The van der Waals surface area contributed by atoms with Crippen molar-refractivity contribution in [1.82, 2.24) is 4.90 Å². The lowest BCUT2D eigenvalue weighted by Crippen LogP contribution is -2.12. The molecule has 0 saturated carbocycles. The fourth-order valence-electron chi connectivity index (χ4n) is 0.348. The molecule has 0 radical (unpaired) electrons. The van der Waals surface area contributed by atoms with Gasteiger partial charge in [0.25, 0.3) is 0 Å². The number of nitrogens with zero attached hydrogens (tertiary/aromatic N) is 1. The Hall–Kier alpha value is -0.0900. The lowest BCUT2D eigenvalue weighted by molar-refractivity contribution is 0.550. The average Bonchev–Trinajstić information content (AvgIpc) is 1.60. The fourth-order valence-corrected chi connectivity index (χ4v) is 1.74. The van der Waals surface area contributed by atoms with Crippen molar-refractivity contribution in [3.05, 3.63) is 10.4 Å². The van der Waals surface area contributed by atoms with Gasteiger partial charge in [-0.15, -0.1) is 4.21 Å². The van der Waals surface area contributed by atoms with Crippen LogP contribution < -0.4 is 0 Å². The van der Waals surface area contributed by atoms with Crippen LogP contribution in [0.4, 0.5) is 0 Å². The topological polar surface area (TPSA) is 20.3 Å². The summed E-state index contributed by atoms with van der Waals surface area (Å²) in [5.74, 6) is 0. The van der Waals surface area contributed by atoms with Gasteiger partial charge in [-0.1, -0.05) is 5.03 Å². The highest BCUT2D eigenvalue weighted by Crippen LogP contribution is 2.03. The van der Waals surface area contributed by atoms with E-state index in [2.05, 4.69) is 0 Å². The van der Waals surface area contributed by atoms with Crippen molar-refractivity contribution in [3.8, 4) is 0 Å². The molecule has 0 unspecified atom stereocenters. The zero-order valence-corrected chi connectivity index (χ0v) is 8.38. The predicted octanol–water partition coefficient (Wildman–Crippen LogP) is 0.653. The molecule has 10 heavy (non-hydrogen) atoms. The van der Waals surface area contributed by atoms with Gasteiger partial charge in [-0.3, -0.25) is 0 Å². The molecule has 0 aromatic carbocycles. The van der Waals surface area contributed by atoms with Gasteiger partial charge in [0.15, 0.2) is 0 Å². The van der Waals surface area contributed by atoms with Crippen LogP contribution in [-0.2, 0) is 26.8 Å². The Balaban J connectivity index is 4.33. The van der Waals surface area contributed by atoms with Crippen LogP contribution in [0.1, 0.15) is 0 Å². The van der Waals surface area contributed by atoms with Crippen molar-refractivity contribution in [2.24, 2.45) is 0 Å². The Labute approximate surface area is 69.1 Å². The minimum atomic E-state index is -1.83. The maximum atomic E-state index is 11.1. The van der Waals surface area contributed by atoms with Gasteiger partial charge in [-0.2, -0.15) is 0 Å². The Morgan fingerprint density at radius 3 is 2.00 bits per heavy atom. The Morgan fingerprint density at radius 2 is 1.90 bits per heavy atom. The molecule has 4 heteroatoms. The van der Waals surface area contributed by atoms with Crippen LogP contribution in [0.3, 0.4) is 0 Å². The standard InChI is InChI=1S/C6H13NOS2/c1-7(2)6(9)5-10(3,4)8/h5H,1-4H3. The summed E-state index contributed by atoms with van der Waals surface area (Å²) in [4.78, 5) is 1.77. The molecular formula is C6H13NOS2. The van der Waals surface area contributed by atoms with Gasteiger partial charge in [0, 0.05) is 14.1 Å². The Bertz CT molecular complexity index is 180. The molecule has 0 aliphatic heterocycles. The third kappa shape index (κ3) is 4.76. The lowest BCUT2D eigenvalue weighted by Gasteiger charge is -2.20. The first-order chi connectivity index (χ1) is 4.33. The van der Waals surface area contributed by atoms with E-state index in [0.29, 0.717) is 5.03 Å². The molecule has 0 heterocycles. The number of hydrogen-bond acceptors (Lipinski definition) is 3. The van der Waals surface area contributed by atoms with E-state index >= 15 is 0 Å². The summed E-state index contributed by atoms with van der Waals surface area (Å²) in [5.41, 5.74) is 0. The monoisotopic (exact) mass is 179 g/mol. The maximum absolute atomic E-state index is 11.1. The van der Waals surface area contributed by atoms with Crippen LogP contribution in [0.2, 0.25) is 0 Å². The van der Waals surface area contributed by atoms with Crippen molar-refractivity contribution < 1.29 is 4.21 Å². The van der Waals surface area contributed by atoms with E-state index in [4.69, 9.17) is 12.6 Å². The zero-order valence-electron chi connectivity index (χ0n) is 6.75. The van der Waals surface area contributed by atoms with Crippen molar-refractivity contribution >= 4 is 22.6 Å². The lowest BCUT2D eigenvalue weighted by atomic mass is 10.8. The molecule has 0 N–H and O–H groups in total. The Morgan fingerprint density at radius 1 is 1.50 bits per heavy atom. The van der Waals surface area contributed by atoms with Crippen molar-refractivity contribution in [2.75, 3.05) is 26.6 Å². The molecule has 0 amide bonds. The van der Waals surface area contributed by atoms with E-state index in [1.807, 2.05) is 14.1 Å². The van der Waals surface area contributed by atoms with Gasteiger partial charge in [-0.05, 0) is 0 Å². The maximum Gasteiger partial charge on any atom is 0.118 e. The smallest absolute Gasteiger partial charge is 0.118 e. The normalized spacial score (nSPS) is 13.4. The molecule has 0 rings (SSSR count). The molecule has 0 aromatic rings. The molecule has 0 aliphatic rings. The molecule has 0 fully saturated rings. The first-order valence-electron chi connectivity index (χ1n) is 2.83. The van der Waals surface area contributed by atoms with E-state index < -0.39 is 9.93 Å². The first-order valence-corrected chi connectivity index (χ1v) is 5.68. The van der Waals surface area contributed by atoms with Crippen LogP contribution in [0.5, 0.6) is 0 Å². The average molecular weight is 179 g/mol. The molecular weight excluding hydrogens is 166 g/mol. The summed E-state index contributed by atoms with van der Waals surface area (Å²) >= 11 is 4.92. The van der Waals surface area contributed by atoms with Crippen molar-refractivity contribution in [1.29, 1.82) is 0 Å². The van der Waals surface area contributed by atoms with Crippen LogP contribution in [0, 0.1) is 0 Å². The predicted molar refractivity (Wildman–Crippen MR) is 49.0 cm³/mol. The molecule has 0 aromatic heterocycles. The largest absolute Gasteiger partial charge is 0.758 e. The van der Waals surface area contributed by atoms with Crippen LogP contribution in [-0.4, -0.2) is 31.5 Å². The molecule has 0 atom stereocenters. The van der Waals surface area contributed by atoms with Gasteiger partial charge in [-0.25, -0.2) is 0 Å². The fraction of sp³-hybridized carbons (Fsp3) is 0.667.